The molecule has 1 aliphatic heterocycles. The standard InChI is InChI=1S/C20H21N5O2/c1-14-22-18(12-19(26)23-14)16-4-2-10-24(13-16)20(27)15-5-7-17(8-6-15)25-11-3-9-21-25/h3,5-9,11-12,16H,2,4,10,13H2,1H3,(H,22,23,26). The molecular formula is C20H21N5O2. The number of likely N-dealkylation sites (tertiary alicyclic amines) is 1. The fraction of sp³-hybridized carbons (Fsp3) is 0.300. The average molecular weight is 363 g/mol. The molecule has 1 aromatic carbocycles. The predicted octanol–water partition coefficient (Wildman–Crippen LogP) is 2.28. The van der Waals surface area contributed by atoms with Gasteiger partial charge in [0.15, 0.2) is 0 Å². The number of aromatic amines is 1. The van der Waals surface area contributed by atoms with Crippen molar-refractivity contribution in [1.29, 1.82) is 0 Å². The Morgan fingerprint density at radius 2 is 2.07 bits per heavy atom. The van der Waals surface area contributed by atoms with Gasteiger partial charge in [-0.15, -0.1) is 0 Å². The Bertz CT molecular complexity index is 992. The number of hydrogen-bond acceptors (Lipinski definition) is 4. The van der Waals surface area contributed by atoms with Crippen LogP contribution in [0.2, 0.25) is 0 Å². The number of carbonyl (C=O) groups is 1. The third kappa shape index (κ3) is 3.67. The van der Waals surface area contributed by atoms with Crippen molar-refractivity contribution in [1.82, 2.24) is 24.6 Å². The Labute approximate surface area is 156 Å². The van der Waals surface area contributed by atoms with Gasteiger partial charge in [0, 0.05) is 43.0 Å². The summed E-state index contributed by atoms with van der Waals surface area (Å²) in [6, 6.07) is 10.9. The number of aromatic nitrogens is 4. The largest absolute Gasteiger partial charge is 0.338 e. The summed E-state index contributed by atoms with van der Waals surface area (Å²) in [6.07, 6.45) is 5.41. The number of nitrogens with zero attached hydrogens (tertiary/aromatic N) is 4. The first-order valence-electron chi connectivity index (χ1n) is 9.07. The van der Waals surface area contributed by atoms with E-state index in [4.69, 9.17) is 0 Å². The summed E-state index contributed by atoms with van der Waals surface area (Å²) >= 11 is 0. The molecule has 1 aliphatic rings. The van der Waals surface area contributed by atoms with Crippen molar-refractivity contribution >= 4 is 5.91 Å². The second-order valence-corrected chi connectivity index (χ2v) is 6.84. The molecule has 27 heavy (non-hydrogen) atoms. The number of piperidine rings is 1. The van der Waals surface area contributed by atoms with Crippen LogP contribution in [0.15, 0.2) is 53.6 Å². The van der Waals surface area contributed by atoms with Crippen molar-refractivity contribution < 1.29 is 4.79 Å². The molecule has 1 fully saturated rings. The van der Waals surface area contributed by atoms with Crippen molar-refractivity contribution in [3.8, 4) is 5.69 Å². The van der Waals surface area contributed by atoms with Crippen molar-refractivity contribution in [2.75, 3.05) is 13.1 Å². The molecule has 1 saturated heterocycles. The molecule has 1 unspecified atom stereocenters. The summed E-state index contributed by atoms with van der Waals surface area (Å²) in [5.74, 6) is 0.704. The number of benzene rings is 1. The number of hydrogen-bond donors (Lipinski definition) is 1. The summed E-state index contributed by atoms with van der Waals surface area (Å²) in [7, 11) is 0. The van der Waals surface area contributed by atoms with E-state index in [0.717, 1.165) is 30.8 Å². The fourth-order valence-corrected chi connectivity index (χ4v) is 3.58. The molecule has 7 nitrogen and oxygen atoms in total. The van der Waals surface area contributed by atoms with Gasteiger partial charge in [-0.1, -0.05) is 0 Å². The number of nitrogens with one attached hydrogen (secondary N) is 1. The smallest absolute Gasteiger partial charge is 0.253 e. The fourth-order valence-electron chi connectivity index (χ4n) is 3.58. The molecule has 1 N–H and O–H groups in total. The van der Waals surface area contributed by atoms with Crippen molar-refractivity contribution in [3.05, 3.63) is 76.2 Å². The van der Waals surface area contributed by atoms with Crippen LogP contribution >= 0.6 is 0 Å². The zero-order valence-electron chi connectivity index (χ0n) is 15.1. The van der Waals surface area contributed by atoms with E-state index in [1.165, 1.54) is 0 Å². The second-order valence-electron chi connectivity index (χ2n) is 6.84. The summed E-state index contributed by atoms with van der Waals surface area (Å²) < 4.78 is 1.76. The van der Waals surface area contributed by atoms with Gasteiger partial charge in [0.2, 0.25) is 0 Å². The van der Waals surface area contributed by atoms with E-state index < -0.39 is 0 Å². The first-order valence-corrected chi connectivity index (χ1v) is 9.07. The number of H-pyrrole nitrogens is 1. The predicted molar refractivity (Wildman–Crippen MR) is 101 cm³/mol. The van der Waals surface area contributed by atoms with Gasteiger partial charge in [-0.25, -0.2) is 9.67 Å². The summed E-state index contributed by atoms with van der Waals surface area (Å²) in [6.45, 7) is 3.08. The normalized spacial score (nSPS) is 17.1. The highest BCUT2D eigenvalue weighted by Gasteiger charge is 2.26. The highest BCUT2D eigenvalue weighted by Crippen LogP contribution is 2.26. The van der Waals surface area contributed by atoms with Gasteiger partial charge in [-0.05, 0) is 50.1 Å². The van der Waals surface area contributed by atoms with E-state index in [2.05, 4.69) is 15.1 Å². The van der Waals surface area contributed by atoms with Crippen LogP contribution < -0.4 is 5.56 Å². The van der Waals surface area contributed by atoms with Crippen LogP contribution in [-0.4, -0.2) is 43.6 Å². The molecule has 0 aliphatic carbocycles. The number of rotatable bonds is 3. The maximum Gasteiger partial charge on any atom is 0.253 e. The summed E-state index contributed by atoms with van der Waals surface area (Å²) in [5, 5.41) is 4.19. The molecule has 0 radical (unpaired) electrons. The lowest BCUT2D eigenvalue weighted by Crippen LogP contribution is -2.39. The second kappa shape index (κ2) is 7.19. The Morgan fingerprint density at radius 3 is 2.78 bits per heavy atom. The first kappa shape index (κ1) is 17.2. The van der Waals surface area contributed by atoms with E-state index in [0.29, 0.717) is 17.9 Å². The lowest BCUT2D eigenvalue weighted by Gasteiger charge is -2.32. The minimum atomic E-state index is -0.143. The van der Waals surface area contributed by atoms with E-state index in [1.807, 2.05) is 41.4 Å². The van der Waals surface area contributed by atoms with Crippen LogP contribution in [0.1, 0.15) is 40.6 Å². The molecule has 4 rings (SSSR count). The maximum absolute atomic E-state index is 12.9. The molecule has 7 heteroatoms. The van der Waals surface area contributed by atoms with Gasteiger partial charge < -0.3 is 9.88 Å². The van der Waals surface area contributed by atoms with Crippen molar-refractivity contribution in [2.45, 2.75) is 25.7 Å². The molecule has 3 heterocycles. The van der Waals surface area contributed by atoms with E-state index in [-0.39, 0.29) is 17.4 Å². The molecule has 3 aromatic rings. The minimum Gasteiger partial charge on any atom is -0.338 e. The van der Waals surface area contributed by atoms with E-state index in [1.54, 1.807) is 23.9 Å². The molecule has 0 bridgehead atoms. The number of carbonyl (C=O) groups excluding carboxylic acids is 1. The van der Waals surface area contributed by atoms with Gasteiger partial charge in [-0.3, -0.25) is 9.59 Å². The van der Waals surface area contributed by atoms with E-state index >= 15 is 0 Å². The summed E-state index contributed by atoms with van der Waals surface area (Å²) in [4.78, 5) is 33.6. The third-order valence-corrected chi connectivity index (χ3v) is 4.89. The van der Waals surface area contributed by atoms with Crippen LogP contribution in [-0.2, 0) is 0 Å². The van der Waals surface area contributed by atoms with Gasteiger partial charge >= 0.3 is 0 Å². The highest BCUT2D eigenvalue weighted by atomic mass is 16.2. The van der Waals surface area contributed by atoms with Crippen LogP contribution in [0.5, 0.6) is 0 Å². The molecule has 2 aromatic heterocycles. The Balaban J connectivity index is 1.50. The molecule has 138 valence electrons. The minimum absolute atomic E-state index is 0.00766. The SMILES string of the molecule is Cc1nc(C2CCCN(C(=O)c3ccc(-n4cccn4)cc3)C2)cc(=O)[nH]1. The Morgan fingerprint density at radius 1 is 1.26 bits per heavy atom. The van der Waals surface area contributed by atoms with Gasteiger partial charge in [-0.2, -0.15) is 5.10 Å². The zero-order chi connectivity index (χ0) is 18.8. The van der Waals surface area contributed by atoms with Crippen molar-refractivity contribution in [3.63, 3.8) is 0 Å². The molecule has 1 amide bonds. The van der Waals surface area contributed by atoms with Gasteiger partial charge in [0.25, 0.3) is 11.5 Å². The number of aryl methyl sites for hydroxylation is 1. The third-order valence-electron chi connectivity index (χ3n) is 4.89. The van der Waals surface area contributed by atoms with E-state index in [9.17, 15) is 9.59 Å². The van der Waals surface area contributed by atoms with Gasteiger partial charge in [0.05, 0.1) is 11.4 Å². The quantitative estimate of drug-likeness (QED) is 0.774. The molecule has 0 spiro atoms. The van der Waals surface area contributed by atoms with Crippen molar-refractivity contribution in [2.24, 2.45) is 0 Å². The topological polar surface area (TPSA) is 83.9 Å². The monoisotopic (exact) mass is 363 g/mol. The highest BCUT2D eigenvalue weighted by molar-refractivity contribution is 5.94. The van der Waals surface area contributed by atoms with Gasteiger partial charge in [0.1, 0.15) is 5.82 Å². The number of amides is 1. The van der Waals surface area contributed by atoms with Crippen LogP contribution in [0, 0.1) is 6.92 Å². The van der Waals surface area contributed by atoms with Crippen LogP contribution in [0.3, 0.4) is 0 Å². The summed E-state index contributed by atoms with van der Waals surface area (Å²) in [5.41, 5.74) is 2.19. The van der Waals surface area contributed by atoms with Crippen LogP contribution in [0.25, 0.3) is 5.69 Å². The molecular weight excluding hydrogens is 342 g/mol. The lowest BCUT2D eigenvalue weighted by atomic mass is 9.94. The molecule has 0 saturated carbocycles. The van der Waals surface area contributed by atoms with Crippen LogP contribution in [0.4, 0.5) is 0 Å². The first-order chi connectivity index (χ1) is 13.1. The Kier molecular flexibility index (Phi) is 4.58. The average Bonchev–Trinajstić information content (AvgIpc) is 3.22. The Hall–Kier alpha value is -3.22. The maximum atomic E-state index is 12.9. The molecule has 1 atom stereocenters. The lowest BCUT2D eigenvalue weighted by molar-refractivity contribution is 0.0706. The zero-order valence-corrected chi connectivity index (χ0v) is 15.1.